The molecule has 0 unspecified atom stereocenters. The van der Waals surface area contributed by atoms with Gasteiger partial charge in [0.15, 0.2) is 0 Å². The van der Waals surface area contributed by atoms with E-state index in [1.54, 1.807) is 16.8 Å². The van der Waals surface area contributed by atoms with Crippen molar-refractivity contribution in [3.8, 4) is 0 Å². The Kier molecular flexibility index (Phi) is 1.60. The summed E-state index contributed by atoms with van der Waals surface area (Å²) in [5.74, 6) is 0. The van der Waals surface area contributed by atoms with Crippen LogP contribution >= 0.6 is 0 Å². The van der Waals surface area contributed by atoms with E-state index in [4.69, 9.17) is 10.0 Å². The molecule has 0 aromatic carbocycles. The summed E-state index contributed by atoms with van der Waals surface area (Å²) in [5, 5.41) is 21.8. The van der Waals surface area contributed by atoms with E-state index in [9.17, 15) is 0 Å². The highest BCUT2D eigenvalue weighted by Gasteiger charge is 2.15. The van der Waals surface area contributed by atoms with E-state index in [0.717, 1.165) is 0 Å². The van der Waals surface area contributed by atoms with Gasteiger partial charge in [-0.05, 0) is 12.1 Å². The summed E-state index contributed by atoms with van der Waals surface area (Å²) in [4.78, 5) is 0. The fourth-order valence-electron chi connectivity index (χ4n) is 1.15. The lowest BCUT2D eigenvalue weighted by atomic mass is 9.81. The summed E-state index contributed by atoms with van der Waals surface area (Å²) in [6.45, 7) is 0. The molecular formula is C7H7BN2O2. The normalized spacial score (nSPS) is 10.5. The van der Waals surface area contributed by atoms with E-state index < -0.39 is 7.12 Å². The second kappa shape index (κ2) is 2.62. The Bertz CT molecular complexity index is 399. The van der Waals surface area contributed by atoms with Crippen molar-refractivity contribution < 1.29 is 10.0 Å². The zero-order valence-electron chi connectivity index (χ0n) is 6.25. The van der Waals surface area contributed by atoms with Crippen LogP contribution in [0.4, 0.5) is 0 Å². The molecule has 2 aromatic rings. The smallest absolute Gasteiger partial charge is 0.423 e. The van der Waals surface area contributed by atoms with Crippen LogP contribution in [0.1, 0.15) is 0 Å². The third-order valence-corrected chi connectivity index (χ3v) is 1.73. The molecule has 4 nitrogen and oxygen atoms in total. The molecule has 60 valence electrons. The summed E-state index contributed by atoms with van der Waals surface area (Å²) in [6, 6.07) is 5.43. The van der Waals surface area contributed by atoms with E-state index in [2.05, 4.69) is 5.10 Å². The van der Waals surface area contributed by atoms with Gasteiger partial charge in [0.25, 0.3) is 0 Å². The molecule has 0 fully saturated rings. The van der Waals surface area contributed by atoms with Gasteiger partial charge in [-0.2, -0.15) is 5.10 Å². The van der Waals surface area contributed by atoms with Crippen LogP contribution in [0.3, 0.4) is 0 Å². The minimum Gasteiger partial charge on any atom is -0.423 e. The second-order valence-electron chi connectivity index (χ2n) is 2.50. The van der Waals surface area contributed by atoms with Crippen LogP contribution in [0.25, 0.3) is 5.52 Å². The van der Waals surface area contributed by atoms with Crippen molar-refractivity contribution in [3.05, 3.63) is 30.6 Å². The van der Waals surface area contributed by atoms with Gasteiger partial charge in [-0.1, -0.05) is 6.07 Å². The zero-order chi connectivity index (χ0) is 8.55. The molecule has 0 amide bonds. The van der Waals surface area contributed by atoms with E-state index in [1.165, 1.54) is 6.20 Å². The van der Waals surface area contributed by atoms with Gasteiger partial charge >= 0.3 is 7.12 Å². The van der Waals surface area contributed by atoms with E-state index in [1.807, 2.05) is 12.1 Å². The highest BCUT2D eigenvalue weighted by molar-refractivity contribution is 6.61. The first kappa shape index (κ1) is 7.33. The van der Waals surface area contributed by atoms with Gasteiger partial charge in [-0.3, -0.25) is 0 Å². The molecule has 2 heterocycles. The van der Waals surface area contributed by atoms with Gasteiger partial charge in [0.05, 0.1) is 5.52 Å². The average Bonchev–Trinajstić information content (AvgIpc) is 2.47. The van der Waals surface area contributed by atoms with Crippen LogP contribution in [-0.4, -0.2) is 26.8 Å². The average molecular weight is 162 g/mol. The maximum Gasteiger partial charge on any atom is 0.492 e. The molecule has 0 saturated heterocycles. The summed E-state index contributed by atoms with van der Waals surface area (Å²) in [6.07, 6.45) is 3.20. The lowest BCUT2D eigenvalue weighted by Gasteiger charge is -1.94. The third kappa shape index (κ3) is 0.994. The Morgan fingerprint density at radius 1 is 1.33 bits per heavy atom. The van der Waals surface area contributed by atoms with Crippen LogP contribution in [0.5, 0.6) is 0 Å². The molecule has 0 atom stereocenters. The van der Waals surface area contributed by atoms with Crippen LogP contribution in [0, 0.1) is 0 Å². The lowest BCUT2D eigenvalue weighted by molar-refractivity contribution is 0.426. The van der Waals surface area contributed by atoms with E-state index in [-0.39, 0.29) is 0 Å². The van der Waals surface area contributed by atoms with Crippen LogP contribution in [0.2, 0.25) is 0 Å². The number of hydrogen-bond acceptors (Lipinski definition) is 3. The maximum atomic E-state index is 8.91. The molecule has 0 aliphatic carbocycles. The fraction of sp³-hybridized carbons (Fsp3) is 0. The molecular weight excluding hydrogens is 155 g/mol. The minimum absolute atomic E-state index is 0.426. The standard InChI is InChI=1S/C7H7BN2O2/c11-8(12)6-5-9-10-4-2-1-3-7(6)10/h1-5,11-12H. The largest absolute Gasteiger partial charge is 0.492 e. The molecule has 2 aromatic heterocycles. The number of rotatable bonds is 1. The minimum atomic E-state index is -1.45. The molecule has 2 N–H and O–H groups in total. The third-order valence-electron chi connectivity index (χ3n) is 1.73. The van der Waals surface area contributed by atoms with Crippen molar-refractivity contribution in [2.75, 3.05) is 0 Å². The molecule has 0 radical (unpaired) electrons. The Morgan fingerprint density at radius 2 is 2.17 bits per heavy atom. The Morgan fingerprint density at radius 3 is 2.92 bits per heavy atom. The summed E-state index contributed by atoms with van der Waals surface area (Å²) in [5.41, 5.74) is 1.14. The van der Waals surface area contributed by atoms with Crippen LogP contribution in [0.15, 0.2) is 30.6 Å². The molecule has 2 rings (SSSR count). The molecule has 0 aliphatic rings. The van der Waals surface area contributed by atoms with Crippen molar-refractivity contribution >= 4 is 18.1 Å². The van der Waals surface area contributed by atoms with Gasteiger partial charge in [0, 0.05) is 17.9 Å². The SMILES string of the molecule is OB(O)c1cnn2ccccc12. The van der Waals surface area contributed by atoms with Gasteiger partial charge in [-0.25, -0.2) is 4.52 Å². The molecule has 5 heteroatoms. The monoisotopic (exact) mass is 162 g/mol. The highest BCUT2D eigenvalue weighted by Crippen LogP contribution is 1.97. The quantitative estimate of drug-likeness (QED) is 0.529. The summed E-state index contributed by atoms with van der Waals surface area (Å²) < 4.78 is 1.59. The number of pyridine rings is 1. The predicted octanol–water partition coefficient (Wildman–Crippen LogP) is -0.986. The number of nitrogens with zero attached hydrogens (tertiary/aromatic N) is 2. The molecule has 0 bridgehead atoms. The Labute approximate surface area is 69.2 Å². The first-order chi connectivity index (χ1) is 5.79. The van der Waals surface area contributed by atoms with E-state index in [0.29, 0.717) is 11.0 Å². The van der Waals surface area contributed by atoms with Crippen molar-refractivity contribution in [2.45, 2.75) is 0 Å². The van der Waals surface area contributed by atoms with Gasteiger partial charge < -0.3 is 10.0 Å². The Hall–Kier alpha value is -1.33. The first-order valence-corrected chi connectivity index (χ1v) is 3.57. The summed E-state index contributed by atoms with van der Waals surface area (Å²) in [7, 11) is -1.45. The van der Waals surface area contributed by atoms with Crippen molar-refractivity contribution in [1.29, 1.82) is 0 Å². The fourth-order valence-corrected chi connectivity index (χ4v) is 1.15. The van der Waals surface area contributed by atoms with Crippen molar-refractivity contribution in [3.63, 3.8) is 0 Å². The maximum absolute atomic E-state index is 8.91. The Balaban J connectivity index is 2.70. The molecule has 0 saturated carbocycles. The molecule has 0 spiro atoms. The number of aromatic nitrogens is 2. The van der Waals surface area contributed by atoms with Gasteiger partial charge in [0.1, 0.15) is 0 Å². The second-order valence-corrected chi connectivity index (χ2v) is 2.50. The van der Waals surface area contributed by atoms with Crippen LogP contribution < -0.4 is 5.46 Å². The summed E-state index contributed by atoms with van der Waals surface area (Å²) >= 11 is 0. The molecule has 0 aliphatic heterocycles. The van der Waals surface area contributed by atoms with Crippen LogP contribution in [-0.2, 0) is 0 Å². The number of fused-ring (bicyclic) bond motifs is 1. The first-order valence-electron chi connectivity index (χ1n) is 3.57. The van der Waals surface area contributed by atoms with Gasteiger partial charge in [0.2, 0.25) is 0 Å². The highest BCUT2D eigenvalue weighted by atomic mass is 16.4. The van der Waals surface area contributed by atoms with Crippen molar-refractivity contribution in [1.82, 2.24) is 9.61 Å². The van der Waals surface area contributed by atoms with E-state index >= 15 is 0 Å². The lowest BCUT2D eigenvalue weighted by Crippen LogP contribution is -2.29. The number of hydrogen-bond donors (Lipinski definition) is 2. The predicted molar refractivity (Wildman–Crippen MR) is 45.0 cm³/mol. The topological polar surface area (TPSA) is 57.8 Å². The van der Waals surface area contributed by atoms with Crippen molar-refractivity contribution in [2.24, 2.45) is 0 Å². The zero-order valence-corrected chi connectivity index (χ0v) is 6.25. The molecule has 12 heavy (non-hydrogen) atoms. The van der Waals surface area contributed by atoms with Gasteiger partial charge in [-0.15, -0.1) is 0 Å².